The zero-order valence-corrected chi connectivity index (χ0v) is 15.1. The SMILES string of the molecule is O=C(c1ccco1)N1CCN(S(=O)(=O)C2=Cc3ccccc3CC2)CC1. The van der Waals surface area contributed by atoms with Gasteiger partial charge in [0.15, 0.2) is 5.76 Å². The van der Waals surface area contributed by atoms with E-state index in [9.17, 15) is 13.2 Å². The number of fused-ring (bicyclic) bond motifs is 1. The summed E-state index contributed by atoms with van der Waals surface area (Å²) in [6.07, 6.45) is 4.50. The first-order valence-corrected chi connectivity index (χ1v) is 10.1. The van der Waals surface area contributed by atoms with Crippen molar-refractivity contribution in [1.29, 1.82) is 0 Å². The van der Waals surface area contributed by atoms with Crippen molar-refractivity contribution in [2.24, 2.45) is 0 Å². The molecule has 2 aliphatic rings. The molecule has 1 aromatic carbocycles. The molecule has 0 unspecified atom stereocenters. The topological polar surface area (TPSA) is 70.8 Å². The third-order valence-electron chi connectivity index (χ3n) is 4.94. The number of carbonyl (C=O) groups excluding carboxylic acids is 1. The van der Waals surface area contributed by atoms with Gasteiger partial charge < -0.3 is 9.32 Å². The number of sulfonamides is 1. The molecule has 1 aliphatic carbocycles. The Kier molecular flexibility index (Phi) is 4.42. The minimum atomic E-state index is -3.50. The Morgan fingerprint density at radius 3 is 2.46 bits per heavy atom. The second-order valence-electron chi connectivity index (χ2n) is 6.48. The summed E-state index contributed by atoms with van der Waals surface area (Å²) in [6, 6.07) is 11.2. The smallest absolute Gasteiger partial charge is 0.289 e. The van der Waals surface area contributed by atoms with Crippen molar-refractivity contribution in [3.8, 4) is 0 Å². The monoisotopic (exact) mass is 372 g/mol. The summed E-state index contributed by atoms with van der Waals surface area (Å²) in [7, 11) is -3.50. The Hall–Kier alpha value is -2.38. The van der Waals surface area contributed by atoms with Crippen LogP contribution in [0.1, 0.15) is 28.1 Å². The summed E-state index contributed by atoms with van der Waals surface area (Å²) in [5.41, 5.74) is 2.16. The van der Waals surface area contributed by atoms with Gasteiger partial charge in [0, 0.05) is 26.2 Å². The average Bonchev–Trinajstić information content (AvgIpc) is 3.22. The second-order valence-corrected chi connectivity index (χ2v) is 8.47. The molecule has 1 amide bonds. The molecular weight excluding hydrogens is 352 g/mol. The fourth-order valence-electron chi connectivity index (χ4n) is 3.46. The van der Waals surface area contributed by atoms with Gasteiger partial charge in [0.25, 0.3) is 5.91 Å². The fraction of sp³-hybridized carbons (Fsp3) is 0.316. The van der Waals surface area contributed by atoms with Gasteiger partial charge in [0.1, 0.15) is 0 Å². The first-order chi connectivity index (χ1) is 12.6. The molecule has 1 fully saturated rings. The molecule has 7 heteroatoms. The van der Waals surface area contributed by atoms with Gasteiger partial charge in [-0.2, -0.15) is 4.31 Å². The number of piperazine rings is 1. The average molecular weight is 372 g/mol. The first kappa shape index (κ1) is 17.1. The Bertz CT molecular complexity index is 940. The van der Waals surface area contributed by atoms with E-state index in [0.717, 1.165) is 12.0 Å². The highest BCUT2D eigenvalue weighted by Gasteiger charge is 2.33. The van der Waals surface area contributed by atoms with E-state index < -0.39 is 10.0 Å². The van der Waals surface area contributed by atoms with Crippen molar-refractivity contribution in [2.75, 3.05) is 26.2 Å². The molecule has 136 valence electrons. The van der Waals surface area contributed by atoms with Crippen LogP contribution in [-0.4, -0.2) is 49.7 Å². The highest BCUT2D eigenvalue weighted by atomic mass is 32.2. The molecule has 26 heavy (non-hydrogen) atoms. The van der Waals surface area contributed by atoms with Crippen LogP contribution in [0.5, 0.6) is 0 Å². The first-order valence-electron chi connectivity index (χ1n) is 8.67. The van der Waals surface area contributed by atoms with Gasteiger partial charge in [-0.15, -0.1) is 0 Å². The van der Waals surface area contributed by atoms with Crippen molar-refractivity contribution in [1.82, 2.24) is 9.21 Å². The number of aryl methyl sites for hydroxylation is 1. The van der Waals surface area contributed by atoms with Gasteiger partial charge in [0.05, 0.1) is 11.2 Å². The quantitative estimate of drug-likeness (QED) is 0.829. The van der Waals surface area contributed by atoms with Gasteiger partial charge in [-0.25, -0.2) is 8.42 Å². The van der Waals surface area contributed by atoms with Crippen LogP contribution in [0.15, 0.2) is 52.0 Å². The number of allylic oxidation sites excluding steroid dienone is 1. The van der Waals surface area contributed by atoms with E-state index in [1.54, 1.807) is 23.1 Å². The van der Waals surface area contributed by atoms with E-state index in [2.05, 4.69) is 0 Å². The zero-order valence-electron chi connectivity index (χ0n) is 14.3. The molecule has 1 aliphatic heterocycles. The summed E-state index contributed by atoms with van der Waals surface area (Å²) in [5, 5.41) is 0. The molecule has 0 N–H and O–H groups in total. The van der Waals surface area contributed by atoms with Crippen molar-refractivity contribution >= 4 is 22.0 Å². The van der Waals surface area contributed by atoms with Crippen molar-refractivity contribution in [3.05, 3.63) is 64.5 Å². The molecule has 6 nitrogen and oxygen atoms in total. The van der Waals surface area contributed by atoms with E-state index >= 15 is 0 Å². The zero-order chi connectivity index (χ0) is 18.1. The Labute approximate surface area is 152 Å². The van der Waals surface area contributed by atoms with Crippen LogP contribution >= 0.6 is 0 Å². The maximum absolute atomic E-state index is 13.0. The molecule has 0 atom stereocenters. The number of hydrogen-bond donors (Lipinski definition) is 0. The third kappa shape index (κ3) is 3.08. The number of hydrogen-bond acceptors (Lipinski definition) is 4. The molecule has 0 bridgehead atoms. The summed E-state index contributed by atoms with van der Waals surface area (Å²) in [6.45, 7) is 1.33. The van der Waals surface area contributed by atoms with Crippen LogP contribution in [0.4, 0.5) is 0 Å². The lowest BCUT2D eigenvalue weighted by Crippen LogP contribution is -2.50. The largest absolute Gasteiger partial charge is 0.459 e. The predicted molar refractivity (Wildman–Crippen MR) is 97.8 cm³/mol. The van der Waals surface area contributed by atoms with Gasteiger partial charge in [0.2, 0.25) is 10.0 Å². The highest BCUT2D eigenvalue weighted by Crippen LogP contribution is 2.29. The van der Waals surface area contributed by atoms with Crippen molar-refractivity contribution < 1.29 is 17.6 Å². The number of carbonyl (C=O) groups is 1. The van der Waals surface area contributed by atoms with Crippen LogP contribution in [0.25, 0.3) is 6.08 Å². The van der Waals surface area contributed by atoms with Crippen LogP contribution in [0, 0.1) is 0 Å². The van der Waals surface area contributed by atoms with Crippen LogP contribution in [0.3, 0.4) is 0 Å². The maximum Gasteiger partial charge on any atom is 0.289 e. The van der Waals surface area contributed by atoms with E-state index in [0.29, 0.717) is 37.5 Å². The number of rotatable bonds is 3. The van der Waals surface area contributed by atoms with Crippen molar-refractivity contribution in [3.63, 3.8) is 0 Å². The van der Waals surface area contributed by atoms with Crippen LogP contribution < -0.4 is 0 Å². The number of nitrogens with zero attached hydrogens (tertiary/aromatic N) is 2. The van der Waals surface area contributed by atoms with Crippen LogP contribution in [-0.2, 0) is 16.4 Å². The molecule has 0 spiro atoms. The lowest BCUT2D eigenvalue weighted by molar-refractivity contribution is 0.0666. The molecule has 0 radical (unpaired) electrons. The molecule has 4 rings (SSSR count). The number of amides is 1. The van der Waals surface area contributed by atoms with E-state index in [1.165, 1.54) is 16.1 Å². The number of benzene rings is 1. The Morgan fingerprint density at radius 1 is 0.962 bits per heavy atom. The van der Waals surface area contributed by atoms with Gasteiger partial charge in [-0.05, 0) is 42.2 Å². The predicted octanol–water partition coefficient (Wildman–Crippen LogP) is 2.35. The van der Waals surface area contributed by atoms with Crippen LogP contribution in [0.2, 0.25) is 0 Å². The lowest BCUT2D eigenvalue weighted by atomic mass is 9.98. The molecule has 1 saturated heterocycles. The minimum Gasteiger partial charge on any atom is -0.459 e. The number of furan rings is 1. The normalized spacial score (nSPS) is 18.3. The third-order valence-corrected chi connectivity index (χ3v) is 6.97. The maximum atomic E-state index is 13.0. The van der Waals surface area contributed by atoms with Gasteiger partial charge >= 0.3 is 0 Å². The standard InChI is InChI=1S/C19H20N2O4S/c22-19(18-6-3-13-25-18)20-9-11-21(12-10-20)26(23,24)17-8-7-15-4-1-2-5-16(15)14-17/h1-6,13-14H,7-12H2. The second kappa shape index (κ2) is 6.74. The minimum absolute atomic E-state index is 0.196. The Balaban J connectivity index is 1.47. The van der Waals surface area contributed by atoms with Gasteiger partial charge in [-0.1, -0.05) is 24.3 Å². The van der Waals surface area contributed by atoms with E-state index in [-0.39, 0.29) is 11.7 Å². The lowest BCUT2D eigenvalue weighted by Gasteiger charge is -2.34. The molecule has 2 aromatic rings. The highest BCUT2D eigenvalue weighted by molar-refractivity contribution is 7.93. The molecule has 0 saturated carbocycles. The molecule has 2 heterocycles. The van der Waals surface area contributed by atoms with E-state index in [1.807, 2.05) is 24.3 Å². The molecule has 1 aromatic heterocycles. The summed E-state index contributed by atoms with van der Waals surface area (Å²) in [4.78, 5) is 14.4. The summed E-state index contributed by atoms with van der Waals surface area (Å²) >= 11 is 0. The van der Waals surface area contributed by atoms with E-state index in [4.69, 9.17) is 4.42 Å². The Morgan fingerprint density at radius 2 is 1.73 bits per heavy atom. The fourth-order valence-corrected chi connectivity index (χ4v) is 5.07. The summed E-state index contributed by atoms with van der Waals surface area (Å²) < 4.78 is 32.6. The molecular formula is C19H20N2O4S. The van der Waals surface area contributed by atoms with Crippen molar-refractivity contribution in [2.45, 2.75) is 12.8 Å². The van der Waals surface area contributed by atoms with Gasteiger partial charge in [-0.3, -0.25) is 4.79 Å². The summed E-state index contributed by atoms with van der Waals surface area (Å²) in [5.74, 6) is 0.0887.